The number of aryl methyl sites for hydroxylation is 1. The van der Waals surface area contributed by atoms with Crippen LogP contribution in [-0.4, -0.2) is 37.4 Å². The van der Waals surface area contributed by atoms with E-state index >= 15 is 0 Å². The molecule has 6 nitrogen and oxygen atoms in total. The fourth-order valence-corrected chi connectivity index (χ4v) is 2.30. The van der Waals surface area contributed by atoms with E-state index in [1.54, 1.807) is 11.9 Å². The molecular formula is C18H24N2O4. The van der Waals surface area contributed by atoms with Crippen LogP contribution < -0.4 is 5.01 Å². The Balaban J connectivity index is 2.20. The maximum absolute atomic E-state index is 12.4. The van der Waals surface area contributed by atoms with Gasteiger partial charge in [0.2, 0.25) is 0 Å². The number of esters is 2. The van der Waals surface area contributed by atoms with Crippen molar-refractivity contribution < 1.29 is 19.1 Å². The number of anilines is 1. The molecule has 0 spiro atoms. The molecular weight excluding hydrogens is 308 g/mol. The van der Waals surface area contributed by atoms with Crippen molar-refractivity contribution in [1.29, 1.82) is 0 Å². The van der Waals surface area contributed by atoms with Gasteiger partial charge in [0.05, 0.1) is 25.4 Å². The molecule has 1 aromatic rings. The molecule has 130 valence electrons. The van der Waals surface area contributed by atoms with Gasteiger partial charge in [-0.3, -0.25) is 9.80 Å². The van der Waals surface area contributed by atoms with Gasteiger partial charge in [-0.15, -0.1) is 0 Å². The quantitative estimate of drug-likeness (QED) is 0.749. The molecule has 24 heavy (non-hydrogen) atoms. The van der Waals surface area contributed by atoms with E-state index in [1.165, 1.54) is 0 Å². The van der Waals surface area contributed by atoms with Crippen molar-refractivity contribution in [3.8, 4) is 0 Å². The van der Waals surface area contributed by atoms with Crippen molar-refractivity contribution in [2.75, 3.05) is 24.8 Å². The summed E-state index contributed by atoms with van der Waals surface area (Å²) >= 11 is 0. The summed E-state index contributed by atoms with van der Waals surface area (Å²) in [6.07, 6.45) is 0. The lowest BCUT2D eigenvalue weighted by atomic mass is 10.0. The maximum atomic E-state index is 12.4. The van der Waals surface area contributed by atoms with Crippen molar-refractivity contribution in [1.82, 2.24) is 0 Å². The van der Waals surface area contributed by atoms with Crippen LogP contribution in [0.4, 0.5) is 5.69 Å². The van der Waals surface area contributed by atoms with Crippen LogP contribution in [0.1, 0.15) is 26.3 Å². The molecule has 0 amide bonds. The number of hydrogen-bond donors (Lipinski definition) is 0. The number of ether oxygens (including phenoxy) is 2. The molecule has 0 radical (unpaired) electrons. The second-order valence-electron chi connectivity index (χ2n) is 6.20. The fraction of sp³-hybridized carbons (Fsp3) is 0.500. The van der Waals surface area contributed by atoms with Crippen LogP contribution in [0.5, 0.6) is 0 Å². The Morgan fingerprint density at radius 3 is 2.50 bits per heavy atom. The van der Waals surface area contributed by atoms with E-state index in [0.717, 1.165) is 11.3 Å². The lowest BCUT2D eigenvalue weighted by Crippen LogP contribution is -2.34. The van der Waals surface area contributed by atoms with Gasteiger partial charge in [0, 0.05) is 0 Å². The molecule has 1 heterocycles. The molecule has 0 aromatic heterocycles. The summed E-state index contributed by atoms with van der Waals surface area (Å²) in [7, 11) is 0. The Hall–Kier alpha value is -2.37. The van der Waals surface area contributed by atoms with E-state index in [2.05, 4.69) is 5.10 Å². The third-order valence-electron chi connectivity index (χ3n) is 3.57. The van der Waals surface area contributed by atoms with Gasteiger partial charge >= 0.3 is 11.9 Å². The molecule has 0 saturated heterocycles. The molecule has 0 N–H and O–H groups in total. The zero-order valence-electron chi connectivity index (χ0n) is 14.6. The SMILES string of the molecule is CCOC(=O)C1=NN(c2ccc(C)cc2)C[C@@H]1C(=O)OCC(C)C. The van der Waals surface area contributed by atoms with Gasteiger partial charge in [0.25, 0.3) is 0 Å². The highest BCUT2D eigenvalue weighted by Crippen LogP contribution is 2.24. The largest absolute Gasteiger partial charge is 0.465 e. The van der Waals surface area contributed by atoms with E-state index in [9.17, 15) is 9.59 Å². The summed E-state index contributed by atoms with van der Waals surface area (Å²) in [6, 6.07) is 7.73. The fourth-order valence-electron chi connectivity index (χ4n) is 2.30. The summed E-state index contributed by atoms with van der Waals surface area (Å²) in [4.78, 5) is 24.5. The van der Waals surface area contributed by atoms with Crippen molar-refractivity contribution in [2.24, 2.45) is 16.9 Å². The number of carbonyl (C=O) groups is 2. The summed E-state index contributed by atoms with van der Waals surface area (Å²) in [5, 5.41) is 5.96. The van der Waals surface area contributed by atoms with E-state index in [1.807, 2.05) is 45.0 Å². The Kier molecular flexibility index (Phi) is 5.95. The second-order valence-corrected chi connectivity index (χ2v) is 6.20. The van der Waals surface area contributed by atoms with Gasteiger partial charge in [0.15, 0.2) is 5.71 Å². The Bertz CT molecular complexity index is 622. The van der Waals surface area contributed by atoms with Crippen LogP contribution in [-0.2, 0) is 19.1 Å². The first-order chi connectivity index (χ1) is 11.4. The highest BCUT2D eigenvalue weighted by Gasteiger charge is 2.39. The monoisotopic (exact) mass is 332 g/mol. The van der Waals surface area contributed by atoms with E-state index in [4.69, 9.17) is 9.47 Å². The average molecular weight is 332 g/mol. The molecule has 0 unspecified atom stereocenters. The molecule has 2 rings (SSSR count). The minimum Gasteiger partial charge on any atom is -0.465 e. The van der Waals surface area contributed by atoms with Crippen LogP contribution in [0.2, 0.25) is 0 Å². The third-order valence-corrected chi connectivity index (χ3v) is 3.57. The molecule has 1 aromatic carbocycles. The number of carbonyl (C=O) groups excluding carboxylic acids is 2. The molecule has 6 heteroatoms. The van der Waals surface area contributed by atoms with Crippen molar-refractivity contribution in [3.63, 3.8) is 0 Å². The van der Waals surface area contributed by atoms with Crippen molar-refractivity contribution in [2.45, 2.75) is 27.7 Å². The van der Waals surface area contributed by atoms with E-state index in [0.29, 0.717) is 6.61 Å². The third kappa shape index (κ3) is 4.34. The molecule has 1 aliphatic rings. The van der Waals surface area contributed by atoms with Gasteiger partial charge < -0.3 is 9.47 Å². The normalized spacial score (nSPS) is 17.0. The van der Waals surface area contributed by atoms with Crippen LogP contribution in [0, 0.1) is 18.8 Å². The van der Waals surface area contributed by atoms with Gasteiger partial charge in [-0.2, -0.15) is 5.10 Å². The van der Waals surface area contributed by atoms with Gasteiger partial charge in [-0.25, -0.2) is 4.79 Å². The summed E-state index contributed by atoms with van der Waals surface area (Å²) in [5.41, 5.74) is 2.05. The van der Waals surface area contributed by atoms with Crippen LogP contribution in [0.25, 0.3) is 0 Å². The zero-order valence-corrected chi connectivity index (χ0v) is 14.6. The number of rotatable bonds is 6. The zero-order chi connectivity index (χ0) is 17.7. The van der Waals surface area contributed by atoms with Gasteiger partial charge in [-0.05, 0) is 31.9 Å². The summed E-state index contributed by atoms with van der Waals surface area (Å²) in [5.74, 6) is -1.51. The molecule has 0 aliphatic carbocycles. The molecule has 0 saturated carbocycles. The van der Waals surface area contributed by atoms with Crippen molar-refractivity contribution >= 4 is 23.3 Å². The molecule has 0 fully saturated rings. The lowest BCUT2D eigenvalue weighted by molar-refractivity contribution is -0.148. The Morgan fingerprint density at radius 2 is 1.92 bits per heavy atom. The standard InChI is InChI=1S/C18H24N2O4/c1-5-23-18(22)16-15(17(21)24-11-12(2)3)10-20(19-16)14-8-6-13(4)7-9-14/h6-9,12,15H,5,10-11H2,1-4H3/t15-/m0/s1. The topological polar surface area (TPSA) is 68.2 Å². The molecule has 1 atom stereocenters. The first-order valence-electron chi connectivity index (χ1n) is 8.18. The predicted octanol–water partition coefficient (Wildman–Crippen LogP) is 2.55. The van der Waals surface area contributed by atoms with Gasteiger partial charge in [-0.1, -0.05) is 31.5 Å². The second kappa shape index (κ2) is 7.95. The highest BCUT2D eigenvalue weighted by atomic mass is 16.5. The van der Waals surface area contributed by atoms with E-state index in [-0.39, 0.29) is 24.8 Å². The Morgan fingerprint density at radius 1 is 1.25 bits per heavy atom. The first kappa shape index (κ1) is 18.0. The highest BCUT2D eigenvalue weighted by molar-refractivity contribution is 6.41. The predicted molar refractivity (Wildman–Crippen MR) is 91.9 cm³/mol. The average Bonchev–Trinajstić information content (AvgIpc) is 2.99. The van der Waals surface area contributed by atoms with E-state index < -0.39 is 17.9 Å². The molecule has 0 bridgehead atoms. The van der Waals surface area contributed by atoms with Gasteiger partial charge in [0.1, 0.15) is 5.92 Å². The molecule has 1 aliphatic heterocycles. The van der Waals surface area contributed by atoms with Crippen LogP contribution in [0.3, 0.4) is 0 Å². The Labute approximate surface area is 142 Å². The maximum Gasteiger partial charge on any atom is 0.355 e. The number of nitrogens with zero attached hydrogens (tertiary/aromatic N) is 2. The number of benzene rings is 1. The smallest absolute Gasteiger partial charge is 0.355 e. The lowest BCUT2D eigenvalue weighted by Gasteiger charge is -2.16. The summed E-state index contributed by atoms with van der Waals surface area (Å²) < 4.78 is 10.3. The minimum absolute atomic E-state index is 0.103. The van der Waals surface area contributed by atoms with Crippen LogP contribution >= 0.6 is 0 Å². The first-order valence-corrected chi connectivity index (χ1v) is 8.18. The van der Waals surface area contributed by atoms with Crippen LogP contribution in [0.15, 0.2) is 29.4 Å². The number of hydrogen-bond acceptors (Lipinski definition) is 6. The summed E-state index contributed by atoms with van der Waals surface area (Å²) in [6.45, 7) is 8.45. The van der Waals surface area contributed by atoms with Crippen molar-refractivity contribution in [3.05, 3.63) is 29.8 Å². The minimum atomic E-state index is -0.732. The number of hydrazone groups is 1.